The molecule has 0 aromatic heterocycles. The minimum Gasteiger partial charge on any atom is -0.497 e. The molecule has 4 aromatic rings. The molecular weight excluding hydrogens is 486 g/mol. The first-order valence-electron chi connectivity index (χ1n) is 13.0. The lowest BCUT2D eigenvalue weighted by atomic mass is 9.87. The number of benzene rings is 4. The topological polar surface area (TPSA) is 40.2 Å². The third kappa shape index (κ3) is 5.72. The zero-order valence-electron chi connectivity index (χ0n) is 22.9. The summed E-state index contributed by atoms with van der Waals surface area (Å²) < 4.78 is 22.0. The zero-order chi connectivity index (χ0) is 27.2. The van der Waals surface area contributed by atoms with Crippen LogP contribution in [0.4, 0.5) is 0 Å². The Kier molecular flexibility index (Phi) is 8.05. The first-order valence-corrected chi connectivity index (χ1v) is 13.0. The maximum Gasteiger partial charge on any atom is 0.161 e. The van der Waals surface area contributed by atoms with E-state index in [9.17, 15) is 0 Å². The highest BCUT2D eigenvalue weighted by Gasteiger charge is 2.27. The smallest absolute Gasteiger partial charge is 0.161 e. The number of hydrogen-bond acceptors (Lipinski definition) is 5. The molecule has 5 nitrogen and oxygen atoms in total. The average molecular weight is 520 g/mol. The standard InChI is InChI=1S/C34H33NO4/c1-36-27-14-9-24(10-15-27)13-18-32-30-8-6-5-7-29(30)31-22-34(39-4)33(38-3)21-26(31)19-20-35(32)23-25-11-16-28(37-2)17-12-25/h5-12,14-17,21-22,32H,19-20,23H2,1-4H3. The Morgan fingerprint density at radius 1 is 0.718 bits per heavy atom. The number of rotatable bonds is 6. The van der Waals surface area contributed by atoms with Crippen molar-refractivity contribution >= 4 is 0 Å². The lowest BCUT2D eigenvalue weighted by Gasteiger charge is -2.33. The van der Waals surface area contributed by atoms with Crippen LogP contribution in [0.1, 0.15) is 28.3 Å². The minimum atomic E-state index is -0.119. The van der Waals surface area contributed by atoms with E-state index in [-0.39, 0.29) is 6.04 Å². The van der Waals surface area contributed by atoms with E-state index in [1.165, 1.54) is 16.7 Å². The van der Waals surface area contributed by atoms with E-state index in [1.807, 2.05) is 36.4 Å². The van der Waals surface area contributed by atoms with Crippen LogP contribution in [-0.4, -0.2) is 39.9 Å². The molecular formula is C34H33NO4. The molecule has 0 fully saturated rings. The SMILES string of the molecule is COc1ccc(C#CC2c3ccccc3-c3cc(OC)c(OC)cc3CCN2Cc2ccc(OC)cc2)cc1. The van der Waals surface area contributed by atoms with Gasteiger partial charge in [-0.05, 0) is 82.8 Å². The van der Waals surface area contributed by atoms with Crippen LogP contribution >= 0.6 is 0 Å². The van der Waals surface area contributed by atoms with Gasteiger partial charge >= 0.3 is 0 Å². The lowest BCUT2D eigenvalue weighted by molar-refractivity contribution is 0.230. The summed E-state index contributed by atoms with van der Waals surface area (Å²) >= 11 is 0. The van der Waals surface area contributed by atoms with Crippen LogP contribution in [0.25, 0.3) is 11.1 Å². The predicted molar refractivity (Wildman–Crippen MR) is 155 cm³/mol. The molecule has 198 valence electrons. The summed E-state index contributed by atoms with van der Waals surface area (Å²) in [7, 11) is 6.72. The van der Waals surface area contributed by atoms with Gasteiger partial charge in [0.05, 0.1) is 34.5 Å². The van der Waals surface area contributed by atoms with E-state index in [0.29, 0.717) is 0 Å². The number of methoxy groups -OCH3 is 4. The third-order valence-electron chi connectivity index (χ3n) is 7.18. The van der Waals surface area contributed by atoms with E-state index in [0.717, 1.165) is 59.2 Å². The molecule has 5 rings (SSSR count). The molecule has 0 aliphatic carbocycles. The molecule has 1 atom stereocenters. The van der Waals surface area contributed by atoms with Gasteiger partial charge in [-0.3, -0.25) is 4.90 Å². The summed E-state index contributed by atoms with van der Waals surface area (Å²) in [6, 6.07) is 28.8. The average Bonchev–Trinajstić information content (AvgIpc) is 2.99. The summed E-state index contributed by atoms with van der Waals surface area (Å²) in [5, 5.41) is 0. The highest BCUT2D eigenvalue weighted by Crippen LogP contribution is 2.41. The quantitative estimate of drug-likeness (QED) is 0.271. The second kappa shape index (κ2) is 12.0. The van der Waals surface area contributed by atoms with Crippen molar-refractivity contribution < 1.29 is 18.9 Å². The molecule has 5 heteroatoms. The van der Waals surface area contributed by atoms with Crippen molar-refractivity contribution in [3.8, 4) is 46.0 Å². The van der Waals surface area contributed by atoms with E-state index < -0.39 is 0 Å². The van der Waals surface area contributed by atoms with Crippen LogP contribution in [-0.2, 0) is 13.0 Å². The minimum absolute atomic E-state index is 0.119. The summed E-state index contributed by atoms with van der Waals surface area (Å²) in [6.45, 7) is 1.58. The van der Waals surface area contributed by atoms with Crippen LogP contribution in [0, 0.1) is 11.8 Å². The number of fused-ring (bicyclic) bond motifs is 3. The lowest BCUT2D eigenvalue weighted by Crippen LogP contribution is -2.31. The van der Waals surface area contributed by atoms with Crippen molar-refractivity contribution in [3.05, 3.63) is 107 Å². The van der Waals surface area contributed by atoms with Crippen molar-refractivity contribution in [2.24, 2.45) is 0 Å². The van der Waals surface area contributed by atoms with Gasteiger partial charge in [-0.1, -0.05) is 48.2 Å². The van der Waals surface area contributed by atoms with Crippen molar-refractivity contribution in [1.82, 2.24) is 4.90 Å². The fourth-order valence-electron chi connectivity index (χ4n) is 5.08. The molecule has 1 heterocycles. The summed E-state index contributed by atoms with van der Waals surface area (Å²) in [5.41, 5.74) is 6.86. The molecule has 0 N–H and O–H groups in total. The largest absolute Gasteiger partial charge is 0.497 e. The molecule has 0 bridgehead atoms. The van der Waals surface area contributed by atoms with Crippen molar-refractivity contribution in [2.45, 2.75) is 19.0 Å². The van der Waals surface area contributed by atoms with E-state index in [4.69, 9.17) is 18.9 Å². The van der Waals surface area contributed by atoms with Gasteiger partial charge in [0.2, 0.25) is 0 Å². The Bertz CT molecular complexity index is 1480. The van der Waals surface area contributed by atoms with Gasteiger partial charge < -0.3 is 18.9 Å². The van der Waals surface area contributed by atoms with Gasteiger partial charge in [0.25, 0.3) is 0 Å². The maximum atomic E-state index is 5.68. The molecule has 0 saturated carbocycles. The van der Waals surface area contributed by atoms with Crippen LogP contribution in [0.3, 0.4) is 0 Å². The van der Waals surface area contributed by atoms with Gasteiger partial charge in [0.15, 0.2) is 11.5 Å². The van der Waals surface area contributed by atoms with Crippen molar-refractivity contribution in [1.29, 1.82) is 0 Å². The second-order valence-electron chi connectivity index (χ2n) is 9.42. The summed E-state index contributed by atoms with van der Waals surface area (Å²) in [4.78, 5) is 2.46. The highest BCUT2D eigenvalue weighted by molar-refractivity contribution is 5.75. The van der Waals surface area contributed by atoms with Gasteiger partial charge in [0.1, 0.15) is 11.5 Å². The van der Waals surface area contributed by atoms with E-state index >= 15 is 0 Å². The number of ether oxygens (including phenoxy) is 4. The fraction of sp³-hybridized carbons (Fsp3) is 0.235. The van der Waals surface area contributed by atoms with Gasteiger partial charge in [-0.15, -0.1) is 0 Å². The molecule has 1 unspecified atom stereocenters. The Morgan fingerprint density at radius 2 is 1.36 bits per heavy atom. The Hall–Kier alpha value is -4.40. The summed E-state index contributed by atoms with van der Waals surface area (Å²) in [5.74, 6) is 10.2. The van der Waals surface area contributed by atoms with Crippen LogP contribution in [0.5, 0.6) is 23.0 Å². The second-order valence-corrected chi connectivity index (χ2v) is 9.42. The normalized spacial score (nSPS) is 14.5. The first kappa shape index (κ1) is 26.2. The van der Waals surface area contributed by atoms with Gasteiger partial charge in [0, 0.05) is 18.7 Å². The molecule has 0 radical (unpaired) electrons. The molecule has 4 aromatic carbocycles. The molecule has 1 aliphatic rings. The monoisotopic (exact) mass is 519 g/mol. The Balaban J connectivity index is 1.62. The molecule has 39 heavy (non-hydrogen) atoms. The Labute approximate surface area is 230 Å². The number of nitrogens with zero attached hydrogens (tertiary/aromatic N) is 1. The van der Waals surface area contributed by atoms with E-state index in [2.05, 4.69) is 65.3 Å². The third-order valence-corrected chi connectivity index (χ3v) is 7.18. The first-order chi connectivity index (χ1) is 19.1. The van der Waals surface area contributed by atoms with Crippen LogP contribution < -0.4 is 18.9 Å². The predicted octanol–water partition coefficient (Wildman–Crippen LogP) is 6.54. The highest BCUT2D eigenvalue weighted by atomic mass is 16.5. The fourth-order valence-corrected chi connectivity index (χ4v) is 5.08. The van der Waals surface area contributed by atoms with Gasteiger partial charge in [-0.25, -0.2) is 0 Å². The van der Waals surface area contributed by atoms with Gasteiger partial charge in [-0.2, -0.15) is 0 Å². The van der Waals surface area contributed by atoms with Crippen molar-refractivity contribution in [3.63, 3.8) is 0 Å². The van der Waals surface area contributed by atoms with Crippen molar-refractivity contribution in [2.75, 3.05) is 35.0 Å². The molecule has 0 amide bonds. The molecule has 0 saturated heterocycles. The number of hydrogen-bond donors (Lipinski definition) is 0. The molecule has 0 spiro atoms. The van der Waals surface area contributed by atoms with Crippen LogP contribution in [0.15, 0.2) is 84.9 Å². The zero-order valence-corrected chi connectivity index (χ0v) is 22.9. The maximum absolute atomic E-state index is 5.68. The molecule has 1 aliphatic heterocycles. The van der Waals surface area contributed by atoms with Crippen LogP contribution in [0.2, 0.25) is 0 Å². The van der Waals surface area contributed by atoms with E-state index in [1.54, 1.807) is 28.4 Å². The summed E-state index contributed by atoms with van der Waals surface area (Å²) in [6.07, 6.45) is 0.848. The Morgan fingerprint density at radius 3 is 2.03 bits per heavy atom.